The highest BCUT2D eigenvalue weighted by molar-refractivity contribution is 5.85. The molecule has 0 fully saturated rings. The summed E-state index contributed by atoms with van der Waals surface area (Å²) in [4.78, 5) is 38.0. The molecule has 0 aliphatic carbocycles. The van der Waals surface area contributed by atoms with Gasteiger partial charge in [-0.3, -0.25) is 19.4 Å². The van der Waals surface area contributed by atoms with E-state index in [1.165, 1.54) is 12.6 Å². The van der Waals surface area contributed by atoms with Gasteiger partial charge in [0.2, 0.25) is 11.8 Å². The normalized spacial score (nSPS) is 10.8. The van der Waals surface area contributed by atoms with Crippen molar-refractivity contribution in [1.29, 1.82) is 0 Å². The molecule has 9 heteroatoms. The van der Waals surface area contributed by atoms with Crippen LogP contribution < -0.4 is 22.1 Å². The fourth-order valence-electron chi connectivity index (χ4n) is 2.85. The lowest BCUT2D eigenvalue weighted by molar-refractivity contribution is -0.137. The molecule has 0 aromatic heterocycles. The van der Waals surface area contributed by atoms with E-state index in [1.807, 2.05) is 6.92 Å². The molecule has 32 heavy (non-hydrogen) atoms. The van der Waals surface area contributed by atoms with Crippen molar-refractivity contribution in [3.8, 4) is 0 Å². The molecule has 0 spiro atoms. The summed E-state index contributed by atoms with van der Waals surface area (Å²) in [7, 11) is 1.50. The van der Waals surface area contributed by atoms with E-state index < -0.39 is 11.9 Å². The minimum atomic E-state index is -0.923. The summed E-state index contributed by atoms with van der Waals surface area (Å²) in [5, 5.41) is 13.9. The molecule has 0 radical (unpaired) electrons. The molecular weight excluding hydrogens is 410 g/mol. The van der Waals surface area contributed by atoms with Gasteiger partial charge in [0.05, 0.1) is 6.54 Å². The van der Waals surface area contributed by atoms with Crippen LogP contribution in [0.2, 0.25) is 0 Å². The number of carboxylic acids is 1. The number of aliphatic carboxylic acids is 1. The minimum absolute atomic E-state index is 0.0620. The number of nitrogens with one attached hydrogen (secondary N) is 2. The van der Waals surface area contributed by atoms with Crippen LogP contribution in [-0.2, 0) is 27.2 Å². The standard InChI is InChI=1S/C19H28N2O4.C4H11N3/c1-3-4-14-5-7-15(8-6-14)9-10-16(11-12-18(23)24)19(25)21-13-17(22)20-2;1-2-3-7-4(5)6/h5-8,16H,3-4,9-13H2,1-2H3,(H,20,22)(H,21,25)(H,23,24);2-3H2,1H3,(H4,5,6,7)/t16-;/m1./s1. The number of hydrogen-bond donors (Lipinski definition) is 5. The van der Waals surface area contributed by atoms with Crippen molar-refractivity contribution in [3.05, 3.63) is 35.4 Å². The third kappa shape index (κ3) is 14.8. The molecule has 1 aromatic rings. The summed E-state index contributed by atoms with van der Waals surface area (Å²) in [5.74, 6) is -1.71. The van der Waals surface area contributed by atoms with Crippen LogP contribution in [0, 0.1) is 5.92 Å². The Hall–Kier alpha value is -3.10. The molecular formula is C23H39N5O4. The fraction of sp³-hybridized carbons (Fsp3) is 0.565. The largest absolute Gasteiger partial charge is 0.481 e. The smallest absolute Gasteiger partial charge is 0.303 e. The second kappa shape index (κ2) is 17.6. The van der Waals surface area contributed by atoms with E-state index in [2.05, 4.69) is 46.8 Å². The number of aryl methyl sites for hydroxylation is 2. The lowest BCUT2D eigenvalue weighted by atomic mass is 9.93. The number of carboxylic acid groups (broad SMARTS) is 1. The Bertz CT molecular complexity index is 716. The van der Waals surface area contributed by atoms with Crippen LogP contribution in [0.5, 0.6) is 0 Å². The molecule has 0 heterocycles. The molecule has 0 bridgehead atoms. The van der Waals surface area contributed by atoms with Gasteiger partial charge in [0.25, 0.3) is 0 Å². The highest BCUT2D eigenvalue weighted by atomic mass is 16.4. The maximum absolute atomic E-state index is 12.3. The number of carbonyl (C=O) groups is 3. The van der Waals surface area contributed by atoms with E-state index in [0.717, 1.165) is 31.4 Å². The number of aliphatic imine (C=N–C) groups is 1. The zero-order chi connectivity index (χ0) is 24.4. The fourth-order valence-corrected chi connectivity index (χ4v) is 2.85. The van der Waals surface area contributed by atoms with E-state index in [1.54, 1.807) is 0 Å². The quantitative estimate of drug-likeness (QED) is 0.227. The Balaban J connectivity index is 0.00000118. The maximum Gasteiger partial charge on any atom is 0.303 e. The number of nitrogens with two attached hydrogens (primary N) is 2. The van der Waals surface area contributed by atoms with Crippen molar-refractivity contribution in [2.45, 2.75) is 58.8 Å². The van der Waals surface area contributed by atoms with Gasteiger partial charge < -0.3 is 27.2 Å². The van der Waals surface area contributed by atoms with Gasteiger partial charge in [0.1, 0.15) is 0 Å². The zero-order valence-corrected chi connectivity index (χ0v) is 19.5. The zero-order valence-electron chi connectivity index (χ0n) is 19.5. The van der Waals surface area contributed by atoms with Gasteiger partial charge in [0.15, 0.2) is 5.96 Å². The molecule has 0 aliphatic rings. The van der Waals surface area contributed by atoms with Gasteiger partial charge >= 0.3 is 5.97 Å². The van der Waals surface area contributed by atoms with Crippen LogP contribution in [0.15, 0.2) is 29.3 Å². The summed E-state index contributed by atoms with van der Waals surface area (Å²) in [6.07, 6.45) is 4.60. The number of guanidine groups is 1. The number of carbonyl (C=O) groups excluding carboxylic acids is 2. The number of rotatable bonds is 13. The topological polar surface area (TPSA) is 160 Å². The Morgan fingerprint density at radius 2 is 1.59 bits per heavy atom. The number of hydrogen-bond acceptors (Lipinski definition) is 4. The Morgan fingerprint density at radius 3 is 2.03 bits per heavy atom. The molecule has 1 aromatic carbocycles. The SMILES string of the molecule is CCCN=C(N)N.CCCc1ccc(CC[C@H](CCC(=O)O)C(=O)NCC(=O)NC)cc1. The van der Waals surface area contributed by atoms with Crippen molar-refractivity contribution in [1.82, 2.24) is 10.6 Å². The van der Waals surface area contributed by atoms with Gasteiger partial charge in [-0.15, -0.1) is 0 Å². The van der Waals surface area contributed by atoms with Gasteiger partial charge in [-0.1, -0.05) is 44.5 Å². The van der Waals surface area contributed by atoms with Crippen LogP contribution in [0.1, 0.15) is 57.1 Å². The van der Waals surface area contributed by atoms with Crippen LogP contribution in [0.3, 0.4) is 0 Å². The lowest BCUT2D eigenvalue weighted by Crippen LogP contribution is -2.38. The van der Waals surface area contributed by atoms with Crippen LogP contribution in [-0.4, -0.2) is 49.0 Å². The van der Waals surface area contributed by atoms with E-state index in [4.69, 9.17) is 16.6 Å². The third-order valence-corrected chi connectivity index (χ3v) is 4.64. The summed E-state index contributed by atoms with van der Waals surface area (Å²) in [6.45, 7) is 4.80. The number of nitrogens with zero attached hydrogens (tertiary/aromatic N) is 1. The average molecular weight is 450 g/mol. The Morgan fingerprint density at radius 1 is 1.00 bits per heavy atom. The molecule has 9 nitrogen and oxygen atoms in total. The molecule has 0 unspecified atom stereocenters. The molecule has 0 aliphatic heterocycles. The van der Waals surface area contributed by atoms with Crippen molar-refractivity contribution < 1.29 is 19.5 Å². The van der Waals surface area contributed by atoms with E-state index in [-0.39, 0.29) is 37.2 Å². The van der Waals surface area contributed by atoms with Gasteiger partial charge in [-0.25, -0.2) is 0 Å². The van der Waals surface area contributed by atoms with Crippen LogP contribution >= 0.6 is 0 Å². The summed E-state index contributed by atoms with van der Waals surface area (Å²) >= 11 is 0. The monoisotopic (exact) mass is 449 g/mol. The van der Waals surface area contributed by atoms with E-state index in [9.17, 15) is 14.4 Å². The first kappa shape index (κ1) is 28.9. The molecule has 1 rings (SSSR count). The van der Waals surface area contributed by atoms with Crippen LogP contribution in [0.25, 0.3) is 0 Å². The summed E-state index contributed by atoms with van der Waals surface area (Å²) < 4.78 is 0. The molecule has 1 atom stereocenters. The molecule has 0 saturated carbocycles. The first-order valence-corrected chi connectivity index (χ1v) is 11.1. The van der Waals surface area contributed by atoms with E-state index >= 15 is 0 Å². The van der Waals surface area contributed by atoms with Gasteiger partial charge in [-0.05, 0) is 43.2 Å². The second-order valence-electron chi connectivity index (χ2n) is 7.43. The first-order chi connectivity index (χ1) is 15.2. The molecule has 180 valence electrons. The average Bonchev–Trinajstić information content (AvgIpc) is 2.77. The lowest BCUT2D eigenvalue weighted by Gasteiger charge is -2.16. The van der Waals surface area contributed by atoms with Gasteiger partial charge in [-0.2, -0.15) is 0 Å². The maximum atomic E-state index is 12.3. The third-order valence-electron chi connectivity index (χ3n) is 4.64. The summed E-state index contributed by atoms with van der Waals surface area (Å²) in [5.41, 5.74) is 12.4. The van der Waals surface area contributed by atoms with Gasteiger partial charge in [0, 0.05) is 25.9 Å². The van der Waals surface area contributed by atoms with E-state index in [0.29, 0.717) is 12.8 Å². The van der Waals surface area contributed by atoms with Crippen molar-refractivity contribution in [2.24, 2.45) is 22.4 Å². The molecule has 7 N–H and O–H groups in total. The van der Waals surface area contributed by atoms with Crippen molar-refractivity contribution in [3.63, 3.8) is 0 Å². The molecule has 0 saturated heterocycles. The van der Waals surface area contributed by atoms with Crippen molar-refractivity contribution in [2.75, 3.05) is 20.1 Å². The second-order valence-corrected chi connectivity index (χ2v) is 7.43. The number of benzene rings is 1. The highest BCUT2D eigenvalue weighted by Crippen LogP contribution is 2.17. The number of likely N-dealkylation sites (N-methyl/N-ethyl adjacent to an activating group) is 1. The summed E-state index contributed by atoms with van der Waals surface area (Å²) in [6, 6.07) is 8.30. The predicted molar refractivity (Wildman–Crippen MR) is 127 cm³/mol. The Labute approximate surface area is 191 Å². The predicted octanol–water partition coefficient (Wildman–Crippen LogP) is 1.58. The highest BCUT2D eigenvalue weighted by Gasteiger charge is 2.20. The Kier molecular flexibility index (Phi) is 15.9. The molecule has 2 amide bonds. The van der Waals surface area contributed by atoms with Crippen molar-refractivity contribution >= 4 is 23.7 Å². The first-order valence-electron chi connectivity index (χ1n) is 11.1. The number of amides is 2. The minimum Gasteiger partial charge on any atom is -0.481 e. The van der Waals surface area contributed by atoms with Crippen LogP contribution in [0.4, 0.5) is 0 Å².